The largest absolute Gasteiger partial charge is 0.319 e. The molecule has 0 atom stereocenters. The van der Waals surface area contributed by atoms with Crippen LogP contribution in [0.15, 0.2) is 27.6 Å². The molecule has 19 heavy (non-hydrogen) atoms. The molecule has 5 heteroatoms. The van der Waals surface area contributed by atoms with Crippen LogP contribution in [-0.4, -0.2) is 27.3 Å². The molecule has 1 N–H and O–H groups in total. The summed E-state index contributed by atoms with van der Waals surface area (Å²) in [6.45, 7) is 4.36. The fourth-order valence-electron chi connectivity index (χ4n) is 2.37. The fraction of sp³-hybridized carbons (Fsp3) is 0.571. The summed E-state index contributed by atoms with van der Waals surface area (Å²) >= 11 is 3.42. The van der Waals surface area contributed by atoms with Crippen molar-refractivity contribution in [2.75, 3.05) is 13.6 Å². The number of sulfone groups is 1. The fourth-order valence-corrected chi connectivity index (χ4v) is 4.52. The molecule has 2 rings (SSSR count). The number of hydrogen-bond donors (Lipinski definition) is 1. The summed E-state index contributed by atoms with van der Waals surface area (Å²) in [5, 5.41) is 2.82. The van der Waals surface area contributed by atoms with Gasteiger partial charge >= 0.3 is 0 Å². The summed E-state index contributed by atoms with van der Waals surface area (Å²) in [6, 6.07) is 5.68. The predicted octanol–water partition coefficient (Wildman–Crippen LogP) is 2.88. The van der Waals surface area contributed by atoms with Crippen molar-refractivity contribution < 1.29 is 8.42 Å². The van der Waals surface area contributed by atoms with Crippen LogP contribution in [0.4, 0.5) is 0 Å². The van der Waals surface area contributed by atoms with Crippen LogP contribution < -0.4 is 5.32 Å². The minimum absolute atomic E-state index is 0.206. The van der Waals surface area contributed by atoms with E-state index in [1.54, 1.807) is 19.9 Å². The van der Waals surface area contributed by atoms with Crippen LogP contribution in [0, 0.1) is 0 Å². The van der Waals surface area contributed by atoms with Crippen LogP contribution in [0.3, 0.4) is 0 Å². The van der Waals surface area contributed by atoms with E-state index in [-0.39, 0.29) is 5.41 Å². The van der Waals surface area contributed by atoms with Crippen molar-refractivity contribution in [2.45, 2.75) is 42.2 Å². The Morgan fingerprint density at radius 2 is 2.00 bits per heavy atom. The molecule has 1 aliphatic carbocycles. The molecule has 0 heterocycles. The maximum absolute atomic E-state index is 12.2. The van der Waals surface area contributed by atoms with Crippen LogP contribution in [0.5, 0.6) is 0 Å². The molecule has 3 nitrogen and oxygen atoms in total. The van der Waals surface area contributed by atoms with E-state index in [9.17, 15) is 8.42 Å². The Labute approximate surface area is 123 Å². The molecule has 0 spiro atoms. The quantitative estimate of drug-likeness (QED) is 0.892. The van der Waals surface area contributed by atoms with Crippen molar-refractivity contribution in [1.82, 2.24) is 5.32 Å². The van der Waals surface area contributed by atoms with Crippen LogP contribution >= 0.6 is 15.9 Å². The molecule has 0 saturated heterocycles. The number of halogens is 1. The second-order valence-corrected chi connectivity index (χ2v) is 8.88. The van der Waals surface area contributed by atoms with Crippen molar-refractivity contribution in [2.24, 2.45) is 0 Å². The maximum atomic E-state index is 12.2. The van der Waals surface area contributed by atoms with Crippen LogP contribution in [-0.2, 0) is 15.3 Å². The molecule has 0 aliphatic heterocycles. The van der Waals surface area contributed by atoms with E-state index < -0.39 is 15.1 Å². The van der Waals surface area contributed by atoms with Gasteiger partial charge in [0.2, 0.25) is 0 Å². The van der Waals surface area contributed by atoms with E-state index >= 15 is 0 Å². The van der Waals surface area contributed by atoms with E-state index in [4.69, 9.17) is 0 Å². The summed E-state index contributed by atoms with van der Waals surface area (Å²) in [5.41, 5.74) is 1.42. The third-order valence-electron chi connectivity index (χ3n) is 3.84. The van der Waals surface area contributed by atoms with Gasteiger partial charge in [-0.25, -0.2) is 8.42 Å². The predicted molar refractivity (Wildman–Crippen MR) is 81.3 cm³/mol. The Hall–Kier alpha value is -0.390. The number of rotatable bonds is 5. The minimum atomic E-state index is -3.22. The second kappa shape index (κ2) is 5.19. The van der Waals surface area contributed by atoms with Gasteiger partial charge in [-0.2, -0.15) is 0 Å². The van der Waals surface area contributed by atoms with Gasteiger partial charge < -0.3 is 5.32 Å². The zero-order valence-electron chi connectivity index (χ0n) is 11.5. The Balaban J connectivity index is 2.39. The third-order valence-corrected chi connectivity index (χ3v) is 6.97. The average Bonchev–Trinajstić information content (AvgIpc) is 3.10. The van der Waals surface area contributed by atoms with Crippen molar-refractivity contribution in [3.05, 3.63) is 28.2 Å². The topological polar surface area (TPSA) is 46.2 Å². The molecule has 1 saturated carbocycles. The number of nitrogens with one attached hydrogen (secondary N) is 1. The molecule has 0 bridgehead atoms. The first-order valence-corrected chi connectivity index (χ1v) is 8.86. The van der Waals surface area contributed by atoms with Crippen LogP contribution in [0.25, 0.3) is 0 Å². The van der Waals surface area contributed by atoms with Gasteiger partial charge in [-0.1, -0.05) is 6.07 Å². The molecule has 1 aromatic carbocycles. The lowest BCUT2D eigenvalue weighted by molar-refractivity contribution is 0.586. The molecule has 106 valence electrons. The normalized spacial score (nSPS) is 17.7. The first-order valence-electron chi connectivity index (χ1n) is 6.52. The average molecular weight is 346 g/mol. The molecule has 1 aromatic rings. The highest BCUT2D eigenvalue weighted by Crippen LogP contribution is 2.48. The van der Waals surface area contributed by atoms with Crippen molar-refractivity contribution in [3.63, 3.8) is 0 Å². The second-order valence-electron chi connectivity index (χ2n) is 5.55. The number of hydrogen-bond acceptors (Lipinski definition) is 3. The van der Waals surface area contributed by atoms with Gasteiger partial charge in [0.15, 0.2) is 9.84 Å². The minimum Gasteiger partial charge on any atom is -0.319 e. The molecule has 1 aliphatic rings. The van der Waals surface area contributed by atoms with Gasteiger partial charge in [-0.15, -0.1) is 0 Å². The van der Waals surface area contributed by atoms with E-state index in [2.05, 4.69) is 21.2 Å². The summed E-state index contributed by atoms with van der Waals surface area (Å²) in [7, 11) is -1.27. The smallest absolute Gasteiger partial charge is 0.181 e. The van der Waals surface area contributed by atoms with Crippen molar-refractivity contribution >= 4 is 25.8 Å². The summed E-state index contributed by atoms with van der Waals surface area (Å²) in [4.78, 5) is 0.395. The van der Waals surface area contributed by atoms with Gasteiger partial charge in [0.05, 0.1) is 10.1 Å². The first-order chi connectivity index (χ1) is 8.83. The molecule has 1 fully saturated rings. The molecular formula is C14H20BrNO2S. The zero-order valence-corrected chi connectivity index (χ0v) is 13.9. The summed E-state index contributed by atoms with van der Waals surface area (Å²) in [6.07, 6.45) is 2.33. The standard InChI is InChI=1S/C14H20BrNO2S/c1-10(2)19(17,18)13-5-4-11(8-12(13)15)14(6-7-14)9-16-3/h4-5,8,10,16H,6-7,9H2,1-3H3. The zero-order chi connectivity index (χ0) is 14.3. The Morgan fingerprint density at radius 1 is 1.37 bits per heavy atom. The monoisotopic (exact) mass is 345 g/mol. The van der Waals surface area contributed by atoms with E-state index in [1.165, 1.54) is 5.56 Å². The van der Waals surface area contributed by atoms with Crippen molar-refractivity contribution in [1.29, 1.82) is 0 Å². The SMILES string of the molecule is CNCC1(c2ccc(S(=O)(=O)C(C)C)c(Br)c2)CC1. The Morgan fingerprint density at radius 3 is 2.42 bits per heavy atom. The highest BCUT2D eigenvalue weighted by molar-refractivity contribution is 9.10. The Bertz CT molecular complexity index is 577. The van der Waals surface area contributed by atoms with E-state index in [1.807, 2.05) is 19.2 Å². The van der Waals surface area contributed by atoms with E-state index in [0.717, 1.165) is 19.4 Å². The molecule has 0 radical (unpaired) electrons. The van der Waals surface area contributed by atoms with Crippen molar-refractivity contribution in [3.8, 4) is 0 Å². The van der Waals surface area contributed by atoms with Gasteiger partial charge in [-0.05, 0) is 67.4 Å². The lowest BCUT2D eigenvalue weighted by atomic mass is 9.96. The molecular weight excluding hydrogens is 326 g/mol. The molecule has 0 unspecified atom stereocenters. The first kappa shape index (κ1) is 15.0. The van der Waals surface area contributed by atoms with Gasteiger partial charge in [-0.3, -0.25) is 0 Å². The number of benzene rings is 1. The Kier molecular flexibility index (Phi) is 4.10. The van der Waals surface area contributed by atoms with E-state index in [0.29, 0.717) is 9.37 Å². The highest BCUT2D eigenvalue weighted by atomic mass is 79.9. The number of likely N-dealkylation sites (N-methyl/N-ethyl adjacent to an activating group) is 1. The summed E-state index contributed by atoms with van der Waals surface area (Å²) < 4.78 is 25.1. The van der Waals surface area contributed by atoms with Crippen LogP contribution in [0.2, 0.25) is 0 Å². The van der Waals surface area contributed by atoms with Gasteiger partial charge in [0, 0.05) is 16.4 Å². The molecule has 0 amide bonds. The third kappa shape index (κ3) is 2.73. The molecule has 0 aromatic heterocycles. The van der Waals surface area contributed by atoms with Crippen LogP contribution in [0.1, 0.15) is 32.3 Å². The lowest BCUT2D eigenvalue weighted by Gasteiger charge is -2.17. The van der Waals surface area contributed by atoms with Gasteiger partial charge in [0.25, 0.3) is 0 Å². The lowest BCUT2D eigenvalue weighted by Crippen LogP contribution is -2.23. The maximum Gasteiger partial charge on any atom is 0.181 e. The summed E-state index contributed by atoms with van der Waals surface area (Å²) in [5.74, 6) is 0. The van der Waals surface area contributed by atoms with Gasteiger partial charge in [0.1, 0.15) is 0 Å². The highest BCUT2D eigenvalue weighted by Gasteiger charge is 2.43.